The van der Waals surface area contributed by atoms with E-state index in [0.29, 0.717) is 18.0 Å². The Balaban J connectivity index is 1.78. The van der Waals surface area contributed by atoms with E-state index in [-0.39, 0.29) is 30.6 Å². The SMILES string of the molecule is CC(C)NC(=O)c1cccc(CNC(=O)CO[C@H]2CCCC[C@@H]2C)c1. The Morgan fingerprint density at radius 1 is 1.24 bits per heavy atom. The van der Waals surface area contributed by atoms with Gasteiger partial charge in [-0.1, -0.05) is 31.9 Å². The lowest BCUT2D eigenvalue weighted by Gasteiger charge is -2.28. The molecule has 1 aromatic carbocycles. The van der Waals surface area contributed by atoms with E-state index in [1.165, 1.54) is 19.3 Å². The fourth-order valence-corrected chi connectivity index (χ4v) is 3.13. The lowest BCUT2D eigenvalue weighted by Crippen LogP contribution is -2.33. The van der Waals surface area contributed by atoms with Crippen molar-refractivity contribution in [3.8, 4) is 0 Å². The van der Waals surface area contributed by atoms with Gasteiger partial charge in [0.15, 0.2) is 0 Å². The minimum Gasteiger partial charge on any atom is -0.368 e. The topological polar surface area (TPSA) is 67.4 Å². The van der Waals surface area contributed by atoms with Gasteiger partial charge in [-0.05, 0) is 50.3 Å². The molecule has 1 aliphatic carbocycles. The van der Waals surface area contributed by atoms with Crippen LogP contribution in [0.1, 0.15) is 62.4 Å². The summed E-state index contributed by atoms with van der Waals surface area (Å²) in [5.41, 5.74) is 1.50. The third kappa shape index (κ3) is 6.50. The molecule has 1 saturated carbocycles. The molecule has 0 heterocycles. The fraction of sp³-hybridized carbons (Fsp3) is 0.600. The third-order valence-corrected chi connectivity index (χ3v) is 4.56. The second-order valence-corrected chi connectivity index (χ2v) is 7.22. The van der Waals surface area contributed by atoms with Crippen molar-refractivity contribution in [2.24, 2.45) is 5.92 Å². The molecular weight excluding hydrogens is 316 g/mol. The summed E-state index contributed by atoms with van der Waals surface area (Å²) in [5.74, 6) is 0.310. The molecule has 138 valence electrons. The monoisotopic (exact) mass is 346 g/mol. The van der Waals surface area contributed by atoms with Crippen LogP contribution in [0.2, 0.25) is 0 Å². The van der Waals surface area contributed by atoms with E-state index >= 15 is 0 Å². The molecular formula is C20H30N2O3. The van der Waals surface area contributed by atoms with Gasteiger partial charge in [-0.15, -0.1) is 0 Å². The molecule has 5 heteroatoms. The Morgan fingerprint density at radius 2 is 2.00 bits per heavy atom. The average Bonchev–Trinajstić information content (AvgIpc) is 2.59. The molecule has 0 aromatic heterocycles. The largest absolute Gasteiger partial charge is 0.368 e. The van der Waals surface area contributed by atoms with Crippen LogP contribution in [0.5, 0.6) is 0 Å². The number of ether oxygens (including phenoxy) is 1. The van der Waals surface area contributed by atoms with Crippen molar-refractivity contribution in [1.82, 2.24) is 10.6 Å². The molecule has 2 amide bonds. The maximum atomic E-state index is 12.0. The van der Waals surface area contributed by atoms with E-state index in [2.05, 4.69) is 17.6 Å². The van der Waals surface area contributed by atoms with E-state index in [4.69, 9.17) is 4.74 Å². The van der Waals surface area contributed by atoms with Gasteiger partial charge in [-0.3, -0.25) is 9.59 Å². The van der Waals surface area contributed by atoms with Crippen molar-refractivity contribution in [2.75, 3.05) is 6.61 Å². The lowest BCUT2D eigenvalue weighted by molar-refractivity contribution is -0.129. The first-order chi connectivity index (χ1) is 12.0. The second-order valence-electron chi connectivity index (χ2n) is 7.22. The first-order valence-electron chi connectivity index (χ1n) is 9.24. The molecule has 0 saturated heterocycles. The summed E-state index contributed by atoms with van der Waals surface area (Å²) < 4.78 is 5.77. The summed E-state index contributed by atoms with van der Waals surface area (Å²) in [4.78, 5) is 24.0. The highest BCUT2D eigenvalue weighted by Crippen LogP contribution is 2.26. The zero-order valence-electron chi connectivity index (χ0n) is 15.5. The highest BCUT2D eigenvalue weighted by molar-refractivity contribution is 5.94. The minimum atomic E-state index is -0.116. The molecule has 0 spiro atoms. The molecule has 2 atom stereocenters. The number of rotatable bonds is 7. The van der Waals surface area contributed by atoms with Crippen LogP contribution < -0.4 is 10.6 Å². The van der Waals surface area contributed by atoms with Crippen molar-refractivity contribution in [1.29, 1.82) is 0 Å². The van der Waals surface area contributed by atoms with Crippen LogP contribution in [-0.2, 0) is 16.1 Å². The first kappa shape index (κ1) is 19.4. The lowest BCUT2D eigenvalue weighted by atomic mass is 9.88. The zero-order valence-corrected chi connectivity index (χ0v) is 15.5. The molecule has 5 nitrogen and oxygen atoms in total. The van der Waals surface area contributed by atoms with Gasteiger partial charge in [0.1, 0.15) is 6.61 Å². The number of amides is 2. The van der Waals surface area contributed by atoms with Gasteiger partial charge in [0.05, 0.1) is 6.10 Å². The molecule has 25 heavy (non-hydrogen) atoms. The van der Waals surface area contributed by atoms with Gasteiger partial charge < -0.3 is 15.4 Å². The predicted octanol–water partition coefficient (Wildman–Crippen LogP) is 3.04. The van der Waals surface area contributed by atoms with Crippen LogP contribution in [0.4, 0.5) is 0 Å². The van der Waals surface area contributed by atoms with Crippen molar-refractivity contribution in [3.63, 3.8) is 0 Å². The highest BCUT2D eigenvalue weighted by Gasteiger charge is 2.22. The van der Waals surface area contributed by atoms with Crippen molar-refractivity contribution >= 4 is 11.8 Å². The molecule has 1 aromatic rings. The number of benzene rings is 1. The number of hydrogen-bond acceptors (Lipinski definition) is 3. The molecule has 2 N–H and O–H groups in total. The normalized spacial score (nSPS) is 20.3. The van der Waals surface area contributed by atoms with Crippen LogP contribution in [0.3, 0.4) is 0 Å². The summed E-state index contributed by atoms with van der Waals surface area (Å²) in [6.45, 7) is 6.54. The number of carbonyl (C=O) groups is 2. The minimum absolute atomic E-state index is 0.0928. The van der Waals surface area contributed by atoms with Crippen LogP contribution in [-0.4, -0.2) is 30.6 Å². The number of hydrogen-bond donors (Lipinski definition) is 2. The van der Waals surface area contributed by atoms with Crippen molar-refractivity contribution in [3.05, 3.63) is 35.4 Å². The summed E-state index contributed by atoms with van der Waals surface area (Å²) in [7, 11) is 0. The van der Waals surface area contributed by atoms with E-state index in [9.17, 15) is 9.59 Å². The standard InChI is InChI=1S/C20H30N2O3/c1-14(2)22-20(24)17-9-6-8-16(11-17)12-21-19(23)13-25-18-10-5-4-7-15(18)3/h6,8-9,11,14-15,18H,4-5,7,10,12-13H2,1-3H3,(H,21,23)(H,22,24)/t15-,18-/m0/s1. The molecule has 2 rings (SSSR count). The van der Waals surface area contributed by atoms with Crippen LogP contribution >= 0.6 is 0 Å². The Morgan fingerprint density at radius 3 is 2.72 bits per heavy atom. The van der Waals surface area contributed by atoms with Gasteiger partial charge >= 0.3 is 0 Å². The predicted molar refractivity (Wildman–Crippen MR) is 98.3 cm³/mol. The average molecular weight is 346 g/mol. The summed E-state index contributed by atoms with van der Waals surface area (Å²) in [6.07, 6.45) is 4.86. The van der Waals surface area contributed by atoms with Crippen molar-refractivity contribution in [2.45, 2.75) is 65.1 Å². The van der Waals surface area contributed by atoms with Crippen LogP contribution in [0.25, 0.3) is 0 Å². The summed E-state index contributed by atoms with van der Waals surface area (Å²) >= 11 is 0. The molecule has 0 radical (unpaired) electrons. The van der Waals surface area contributed by atoms with Gasteiger partial charge in [0.2, 0.25) is 5.91 Å². The maximum absolute atomic E-state index is 12.0. The molecule has 1 fully saturated rings. The zero-order chi connectivity index (χ0) is 18.2. The summed E-state index contributed by atoms with van der Waals surface area (Å²) in [6, 6.07) is 7.40. The smallest absolute Gasteiger partial charge is 0.251 e. The molecule has 0 unspecified atom stereocenters. The molecule has 1 aliphatic rings. The Labute approximate surface area is 150 Å². The number of carbonyl (C=O) groups excluding carboxylic acids is 2. The Bertz CT molecular complexity index is 586. The quantitative estimate of drug-likeness (QED) is 0.797. The van der Waals surface area contributed by atoms with Crippen LogP contribution in [0, 0.1) is 5.92 Å². The van der Waals surface area contributed by atoms with Gasteiger partial charge in [0, 0.05) is 18.2 Å². The number of nitrogens with one attached hydrogen (secondary N) is 2. The first-order valence-corrected chi connectivity index (χ1v) is 9.24. The third-order valence-electron chi connectivity index (χ3n) is 4.56. The van der Waals surface area contributed by atoms with Crippen molar-refractivity contribution < 1.29 is 14.3 Å². The molecule has 0 bridgehead atoms. The van der Waals surface area contributed by atoms with Gasteiger partial charge in [-0.25, -0.2) is 0 Å². The Hall–Kier alpha value is -1.88. The Kier molecular flexibility index (Phi) is 7.44. The van der Waals surface area contributed by atoms with E-state index in [1.54, 1.807) is 6.07 Å². The molecule has 0 aliphatic heterocycles. The summed E-state index contributed by atoms with van der Waals surface area (Å²) in [5, 5.41) is 5.73. The maximum Gasteiger partial charge on any atom is 0.251 e. The van der Waals surface area contributed by atoms with Crippen LogP contribution in [0.15, 0.2) is 24.3 Å². The fourth-order valence-electron chi connectivity index (χ4n) is 3.13. The highest BCUT2D eigenvalue weighted by atomic mass is 16.5. The van der Waals surface area contributed by atoms with E-state index in [1.807, 2.05) is 32.0 Å². The van der Waals surface area contributed by atoms with E-state index in [0.717, 1.165) is 12.0 Å². The second kappa shape index (κ2) is 9.56. The van der Waals surface area contributed by atoms with E-state index < -0.39 is 0 Å². The van der Waals surface area contributed by atoms with Gasteiger partial charge in [-0.2, -0.15) is 0 Å². The van der Waals surface area contributed by atoms with Gasteiger partial charge in [0.25, 0.3) is 5.91 Å².